The molecule has 0 saturated carbocycles. The molecule has 0 unspecified atom stereocenters. The minimum atomic E-state index is 1.15. The molecule has 48 heavy (non-hydrogen) atoms. The molecule has 0 aliphatic carbocycles. The number of fused-ring (bicyclic) bond motifs is 9. The van der Waals surface area contributed by atoms with Gasteiger partial charge in [-0.05, 0) is 114 Å². The summed E-state index contributed by atoms with van der Waals surface area (Å²) < 4.78 is 0. The molecular weight excluding hydrogens is 619 g/mol. The summed E-state index contributed by atoms with van der Waals surface area (Å²) in [5.74, 6) is 0. The van der Waals surface area contributed by atoms with Crippen molar-refractivity contribution in [2.75, 3.05) is 0 Å². The maximum absolute atomic E-state index is 4.32. The first-order valence-corrected chi connectivity index (χ1v) is 17.8. The number of benzene rings is 8. The molecule has 0 saturated heterocycles. The normalized spacial score (nSPS) is 12.4. The highest BCUT2D eigenvalue weighted by Crippen LogP contribution is 2.53. The predicted molar refractivity (Wildman–Crippen MR) is 205 cm³/mol. The number of nitrogens with zero attached hydrogens (tertiary/aromatic N) is 1. The Morgan fingerprint density at radius 2 is 0.979 bits per heavy atom. The molecule has 8 aromatic carbocycles. The zero-order chi connectivity index (χ0) is 31.6. The van der Waals surface area contributed by atoms with Crippen LogP contribution in [-0.2, 0) is 0 Å². The van der Waals surface area contributed by atoms with Crippen molar-refractivity contribution in [3.63, 3.8) is 0 Å². The van der Waals surface area contributed by atoms with Gasteiger partial charge in [-0.1, -0.05) is 133 Å². The van der Waals surface area contributed by atoms with Crippen molar-refractivity contribution in [1.82, 2.24) is 4.98 Å². The minimum absolute atomic E-state index is 1.15. The lowest BCUT2D eigenvalue weighted by molar-refractivity contribution is 1.16. The fourth-order valence-electron chi connectivity index (χ4n) is 7.30. The second-order valence-electron chi connectivity index (χ2n) is 12.3. The van der Waals surface area contributed by atoms with E-state index >= 15 is 0 Å². The molecule has 0 atom stereocenters. The van der Waals surface area contributed by atoms with Gasteiger partial charge in [0.05, 0.1) is 0 Å². The van der Waals surface area contributed by atoms with E-state index in [0.717, 1.165) is 5.39 Å². The van der Waals surface area contributed by atoms with Crippen LogP contribution >= 0.6 is 23.5 Å². The molecule has 10 rings (SSSR count). The minimum Gasteiger partial charge on any atom is -0.264 e. The van der Waals surface area contributed by atoms with Crippen LogP contribution < -0.4 is 0 Å². The van der Waals surface area contributed by atoms with Gasteiger partial charge in [-0.25, -0.2) is 0 Å². The standard InChI is InChI=1S/C45H27NS2/c1-2-10-36-34(8-1)35-9-3-4-11-37(35)41-26-31(19-21-38(36)41)33-20-18-29(28-16-17-32-27-46-23-22-30(32)24-28)25-40(33)39-12-7-15-44-45(39)48-43-14-6-5-13-42(43)47-44/h1-27H. The number of hydrogen-bond acceptors (Lipinski definition) is 3. The number of rotatable bonds is 3. The first-order chi connectivity index (χ1) is 23.8. The van der Waals surface area contributed by atoms with Gasteiger partial charge in [-0.15, -0.1) is 0 Å². The highest BCUT2D eigenvalue weighted by atomic mass is 32.2. The average Bonchev–Trinajstić information content (AvgIpc) is 3.16. The summed E-state index contributed by atoms with van der Waals surface area (Å²) in [7, 11) is 0. The first-order valence-electron chi connectivity index (χ1n) is 16.2. The molecule has 1 aliphatic heterocycles. The van der Waals surface area contributed by atoms with Crippen LogP contribution in [0.3, 0.4) is 0 Å². The van der Waals surface area contributed by atoms with Gasteiger partial charge in [0, 0.05) is 37.4 Å². The largest absolute Gasteiger partial charge is 0.264 e. The van der Waals surface area contributed by atoms with Gasteiger partial charge in [0.25, 0.3) is 0 Å². The zero-order valence-corrected chi connectivity index (χ0v) is 27.5. The van der Waals surface area contributed by atoms with Crippen molar-refractivity contribution >= 4 is 66.6 Å². The Bertz CT molecular complexity index is 2710. The summed E-state index contributed by atoms with van der Waals surface area (Å²) in [6, 6.07) is 56.0. The molecule has 0 fully saturated rings. The van der Waals surface area contributed by atoms with Crippen molar-refractivity contribution in [2.45, 2.75) is 19.6 Å². The summed E-state index contributed by atoms with van der Waals surface area (Å²) in [5, 5.41) is 10.1. The fraction of sp³-hybridized carbons (Fsp3) is 0. The quantitative estimate of drug-likeness (QED) is 0.177. The first kappa shape index (κ1) is 27.7. The summed E-state index contributed by atoms with van der Waals surface area (Å²) in [6.45, 7) is 0. The molecule has 224 valence electrons. The lowest BCUT2D eigenvalue weighted by Crippen LogP contribution is -1.95. The van der Waals surface area contributed by atoms with Gasteiger partial charge in [0.2, 0.25) is 0 Å². The molecule has 3 heteroatoms. The van der Waals surface area contributed by atoms with E-state index < -0.39 is 0 Å². The Morgan fingerprint density at radius 3 is 1.77 bits per heavy atom. The maximum Gasteiger partial charge on any atom is 0.0346 e. The van der Waals surface area contributed by atoms with Crippen LogP contribution in [0.4, 0.5) is 0 Å². The van der Waals surface area contributed by atoms with Crippen molar-refractivity contribution in [1.29, 1.82) is 0 Å². The van der Waals surface area contributed by atoms with E-state index in [4.69, 9.17) is 0 Å². The third-order valence-electron chi connectivity index (χ3n) is 9.60. The van der Waals surface area contributed by atoms with Gasteiger partial charge < -0.3 is 0 Å². The molecule has 2 heterocycles. The second-order valence-corrected chi connectivity index (χ2v) is 14.5. The highest BCUT2D eigenvalue weighted by molar-refractivity contribution is 8.05. The van der Waals surface area contributed by atoms with E-state index in [-0.39, 0.29) is 0 Å². The van der Waals surface area contributed by atoms with Crippen LogP contribution in [0.1, 0.15) is 0 Å². The zero-order valence-electron chi connectivity index (χ0n) is 25.9. The van der Waals surface area contributed by atoms with E-state index in [1.54, 1.807) is 0 Å². The molecule has 1 nitrogen and oxygen atoms in total. The summed E-state index contributed by atoms with van der Waals surface area (Å²) >= 11 is 3.76. The Morgan fingerprint density at radius 1 is 0.354 bits per heavy atom. The van der Waals surface area contributed by atoms with Crippen LogP contribution in [0.25, 0.3) is 76.5 Å². The Hall–Kier alpha value is -5.35. The van der Waals surface area contributed by atoms with Gasteiger partial charge in [0.1, 0.15) is 0 Å². The lowest BCUT2D eigenvalue weighted by atomic mass is 9.88. The third-order valence-corrected chi connectivity index (χ3v) is 12.2. The van der Waals surface area contributed by atoms with E-state index in [9.17, 15) is 0 Å². The van der Waals surface area contributed by atoms with Gasteiger partial charge >= 0.3 is 0 Å². The molecule has 9 aromatic rings. The van der Waals surface area contributed by atoms with Crippen LogP contribution in [0.2, 0.25) is 0 Å². The van der Waals surface area contributed by atoms with Crippen LogP contribution in [0.5, 0.6) is 0 Å². The molecule has 1 aliphatic rings. The van der Waals surface area contributed by atoms with Crippen LogP contribution in [-0.4, -0.2) is 4.98 Å². The Labute approximate surface area is 287 Å². The second kappa shape index (κ2) is 11.1. The van der Waals surface area contributed by atoms with Crippen molar-refractivity contribution in [3.05, 3.63) is 164 Å². The van der Waals surface area contributed by atoms with Gasteiger partial charge in [-0.3, -0.25) is 4.98 Å². The van der Waals surface area contributed by atoms with Crippen LogP contribution in [0.15, 0.2) is 184 Å². The fourth-order valence-corrected chi connectivity index (χ4v) is 9.69. The smallest absolute Gasteiger partial charge is 0.0346 e. The third kappa shape index (κ3) is 4.46. The Balaban J connectivity index is 1.22. The van der Waals surface area contributed by atoms with Crippen molar-refractivity contribution in [3.8, 4) is 33.4 Å². The summed E-state index contributed by atoms with van der Waals surface area (Å²) in [5.41, 5.74) is 7.38. The average molecular weight is 646 g/mol. The SMILES string of the molecule is c1ccc2c(c1)Sc1cccc(-c3cc(-c4ccc5cnccc5c4)ccc3-c3ccc4c5ccccc5c5ccccc5c4c3)c1S2. The van der Waals surface area contributed by atoms with Crippen LogP contribution in [0, 0.1) is 0 Å². The molecule has 0 spiro atoms. The molecule has 0 bridgehead atoms. The molecular formula is C45H27NS2. The number of hydrogen-bond donors (Lipinski definition) is 0. The number of pyridine rings is 1. The monoisotopic (exact) mass is 645 g/mol. The number of aromatic nitrogens is 1. The summed E-state index contributed by atoms with van der Waals surface area (Å²) in [6.07, 6.45) is 3.81. The van der Waals surface area contributed by atoms with E-state index in [1.165, 1.54) is 90.7 Å². The van der Waals surface area contributed by atoms with Gasteiger partial charge in [0.15, 0.2) is 0 Å². The Kier molecular flexibility index (Phi) is 6.43. The van der Waals surface area contributed by atoms with Gasteiger partial charge in [-0.2, -0.15) is 0 Å². The summed E-state index contributed by atoms with van der Waals surface area (Å²) in [4.78, 5) is 9.58. The lowest BCUT2D eigenvalue weighted by Gasteiger charge is -2.23. The molecule has 0 amide bonds. The van der Waals surface area contributed by atoms with Crippen molar-refractivity contribution in [2.24, 2.45) is 0 Å². The van der Waals surface area contributed by atoms with E-state index in [1.807, 2.05) is 35.9 Å². The van der Waals surface area contributed by atoms with E-state index in [0.29, 0.717) is 0 Å². The van der Waals surface area contributed by atoms with E-state index in [2.05, 4.69) is 157 Å². The molecule has 1 aromatic heterocycles. The maximum atomic E-state index is 4.32. The molecule has 0 N–H and O–H groups in total. The van der Waals surface area contributed by atoms with Crippen molar-refractivity contribution < 1.29 is 0 Å². The highest BCUT2D eigenvalue weighted by Gasteiger charge is 2.22. The predicted octanol–water partition coefficient (Wildman–Crippen LogP) is 13.3. The molecule has 0 radical (unpaired) electrons. The topological polar surface area (TPSA) is 12.9 Å².